The van der Waals surface area contributed by atoms with Crippen LogP contribution in [0.5, 0.6) is 5.75 Å². The van der Waals surface area contributed by atoms with Crippen LogP contribution in [0.2, 0.25) is 0 Å². The molecule has 1 N–H and O–H groups in total. The average Bonchev–Trinajstić information content (AvgIpc) is 2.52. The van der Waals surface area contributed by atoms with Crippen LogP contribution >= 0.6 is 0 Å². The monoisotopic (exact) mass is 314 g/mol. The molecule has 0 amide bonds. The highest BCUT2D eigenvalue weighted by Crippen LogP contribution is 2.47. The smallest absolute Gasteiger partial charge is 0.370 e. The molecule has 2 aromatic carbocycles. The van der Waals surface area contributed by atoms with Crippen molar-refractivity contribution >= 4 is 16.0 Å². The Balaban J connectivity index is 1.97. The molecule has 0 saturated heterocycles. The average molecular weight is 314 g/mol. The van der Waals surface area contributed by atoms with Gasteiger partial charge in [-0.1, -0.05) is 42.5 Å². The van der Waals surface area contributed by atoms with E-state index in [1.54, 1.807) is 18.2 Å². The summed E-state index contributed by atoms with van der Waals surface area (Å²) in [5.74, 6) is 0.360. The fourth-order valence-corrected chi connectivity index (χ4v) is 4.41. The van der Waals surface area contributed by atoms with Crippen molar-refractivity contribution in [2.24, 2.45) is 0 Å². The van der Waals surface area contributed by atoms with Crippen molar-refractivity contribution in [2.75, 3.05) is 5.32 Å². The molecule has 0 aromatic heterocycles. The van der Waals surface area contributed by atoms with Crippen LogP contribution in [-0.4, -0.2) is 12.7 Å². The Morgan fingerprint density at radius 1 is 1.09 bits per heavy atom. The van der Waals surface area contributed by atoms with Gasteiger partial charge in [0.1, 0.15) is 6.17 Å². The van der Waals surface area contributed by atoms with Gasteiger partial charge in [0.25, 0.3) is 0 Å². The van der Waals surface area contributed by atoms with Gasteiger partial charge < -0.3 is 9.50 Å². The van der Waals surface area contributed by atoms with E-state index in [9.17, 15) is 8.42 Å². The fourth-order valence-electron chi connectivity index (χ4n) is 3.05. The molecule has 2 atom stereocenters. The van der Waals surface area contributed by atoms with E-state index in [1.165, 1.54) is 4.31 Å². The summed E-state index contributed by atoms with van der Waals surface area (Å²) >= 11 is 0. The van der Waals surface area contributed by atoms with Crippen LogP contribution in [-0.2, 0) is 10.3 Å². The van der Waals surface area contributed by atoms with Crippen LogP contribution < -0.4 is 9.50 Å². The third-order valence-electron chi connectivity index (χ3n) is 3.99. The van der Waals surface area contributed by atoms with Crippen LogP contribution in [0.1, 0.15) is 23.3 Å². The first kappa shape index (κ1) is 13.4. The molecule has 2 aliphatic rings. The van der Waals surface area contributed by atoms with Gasteiger partial charge in [-0.25, -0.2) is 0 Å². The highest BCUT2D eigenvalue weighted by Gasteiger charge is 2.46. The molecule has 0 saturated carbocycles. The predicted octanol–water partition coefficient (Wildman–Crippen LogP) is 2.98. The van der Waals surface area contributed by atoms with Crippen molar-refractivity contribution in [1.29, 1.82) is 0 Å². The molecule has 0 bridgehead atoms. The largest absolute Gasteiger partial charge is 0.388 e. The summed E-state index contributed by atoms with van der Waals surface area (Å²) in [5.41, 5.74) is 2.56. The minimum Gasteiger partial charge on any atom is -0.370 e. The van der Waals surface area contributed by atoms with Crippen molar-refractivity contribution < 1.29 is 12.6 Å². The second kappa shape index (κ2) is 4.59. The van der Waals surface area contributed by atoms with Gasteiger partial charge in [-0.05, 0) is 17.7 Å². The number of rotatable bonds is 1. The summed E-state index contributed by atoms with van der Waals surface area (Å²) in [7, 11) is -3.90. The Kier molecular flexibility index (Phi) is 2.79. The van der Waals surface area contributed by atoms with Crippen LogP contribution in [0.3, 0.4) is 0 Å². The first-order valence-electron chi connectivity index (χ1n) is 6.92. The Labute approximate surface area is 129 Å². The second-order valence-electron chi connectivity index (χ2n) is 5.22. The number of para-hydroxylation sites is 2. The maximum absolute atomic E-state index is 12.6. The summed E-state index contributed by atoms with van der Waals surface area (Å²) in [6.45, 7) is 3.81. The fraction of sp³-hybridized carbons (Fsp3) is 0.125. The van der Waals surface area contributed by atoms with Gasteiger partial charge in [-0.3, -0.25) is 0 Å². The normalized spacial score (nSPS) is 24.9. The van der Waals surface area contributed by atoms with Crippen molar-refractivity contribution in [3.63, 3.8) is 0 Å². The van der Waals surface area contributed by atoms with Gasteiger partial charge in [0, 0.05) is 11.3 Å². The number of nitrogens with one attached hydrogen (secondary N) is 1. The summed E-state index contributed by atoms with van der Waals surface area (Å²) in [6.07, 6.45) is 1.12. The summed E-state index contributed by atoms with van der Waals surface area (Å²) in [4.78, 5) is 0. The maximum atomic E-state index is 12.6. The van der Waals surface area contributed by atoms with E-state index in [-0.39, 0.29) is 0 Å². The van der Waals surface area contributed by atoms with Crippen molar-refractivity contribution in [3.8, 4) is 5.75 Å². The zero-order valence-electron chi connectivity index (χ0n) is 11.6. The number of nitrogens with zero attached hydrogens (tertiary/aromatic N) is 1. The van der Waals surface area contributed by atoms with E-state index in [0.29, 0.717) is 5.75 Å². The summed E-state index contributed by atoms with van der Waals surface area (Å²) < 4.78 is 31.7. The molecule has 0 radical (unpaired) electrons. The molecule has 112 valence electrons. The molecule has 0 fully saturated rings. The standard InChI is InChI=1S/C16H14N2O3S/c1-2-14-11-7-3-5-9-13(11)17-16-12-8-4-6-10-15(12)21-22(19,20)18(14)16/h2-10,14,16-17H,1H2/t14-,16-/m0/s1. The van der Waals surface area contributed by atoms with E-state index >= 15 is 0 Å². The van der Waals surface area contributed by atoms with Gasteiger partial charge in [-0.2, -0.15) is 8.42 Å². The van der Waals surface area contributed by atoms with E-state index in [4.69, 9.17) is 4.18 Å². The summed E-state index contributed by atoms with van der Waals surface area (Å²) in [6, 6.07) is 14.3. The number of fused-ring (bicyclic) bond motifs is 4. The lowest BCUT2D eigenvalue weighted by atomic mass is 9.99. The molecule has 0 aliphatic carbocycles. The van der Waals surface area contributed by atoms with E-state index in [2.05, 4.69) is 11.9 Å². The lowest BCUT2D eigenvalue weighted by molar-refractivity contribution is 0.246. The minimum absolute atomic E-state index is 0.360. The van der Waals surface area contributed by atoms with E-state index in [1.807, 2.05) is 36.4 Å². The molecule has 0 spiro atoms. The van der Waals surface area contributed by atoms with Crippen molar-refractivity contribution in [3.05, 3.63) is 72.3 Å². The summed E-state index contributed by atoms with van der Waals surface area (Å²) in [5, 5.41) is 3.29. The van der Waals surface area contributed by atoms with Gasteiger partial charge in [0.2, 0.25) is 0 Å². The maximum Gasteiger partial charge on any atom is 0.388 e. The van der Waals surface area contributed by atoms with Crippen LogP contribution in [0.15, 0.2) is 61.2 Å². The zero-order valence-corrected chi connectivity index (χ0v) is 12.5. The molecule has 0 unspecified atom stereocenters. The van der Waals surface area contributed by atoms with E-state index < -0.39 is 22.5 Å². The third-order valence-corrected chi connectivity index (χ3v) is 5.33. The Bertz CT molecular complexity index is 863. The molecular weight excluding hydrogens is 300 g/mol. The topological polar surface area (TPSA) is 58.6 Å². The van der Waals surface area contributed by atoms with Gasteiger partial charge in [0.15, 0.2) is 5.75 Å². The molecular formula is C16H14N2O3S. The Hall–Kier alpha value is -2.31. The highest BCUT2D eigenvalue weighted by atomic mass is 32.2. The lowest BCUT2D eigenvalue weighted by Crippen LogP contribution is -2.48. The zero-order chi connectivity index (χ0) is 15.3. The quantitative estimate of drug-likeness (QED) is 0.822. The Morgan fingerprint density at radius 3 is 2.55 bits per heavy atom. The minimum atomic E-state index is -3.90. The second-order valence-corrected chi connectivity index (χ2v) is 6.67. The number of hydrogen-bond acceptors (Lipinski definition) is 4. The molecule has 2 heterocycles. The van der Waals surface area contributed by atoms with E-state index in [0.717, 1.165) is 16.8 Å². The first-order chi connectivity index (χ1) is 10.6. The first-order valence-corrected chi connectivity index (χ1v) is 8.28. The molecule has 2 aliphatic heterocycles. The van der Waals surface area contributed by atoms with Gasteiger partial charge in [0.05, 0.1) is 6.04 Å². The van der Waals surface area contributed by atoms with Crippen LogP contribution in [0.4, 0.5) is 5.69 Å². The van der Waals surface area contributed by atoms with Gasteiger partial charge >= 0.3 is 10.3 Å². The van der Waals surface area contributed by atoms with Crippen molar-refractivity contribution in [2.45, 2.75) is 12.2 Å². The van der Waals surface area contributed by atoms with Gasteiger partial charge in [-0.15, -0.1) is 10.9 Å². The number of hydrogen-bond donors (Lipinski definition) is 1. The Morgan fingerprint density at radius 2 is 1.77 bits per heavy atom. The lowest BCUT2D eigenvalue weighted by Gasteiger charge is -2.43. The molecule has 22 heavy (non-hydrogen) atoms. The third kappa shape index (κ3) is 1.77. The molecule has 2 aromatic rings. The molecule has 6 heteroatoms. The molecule has 5 nitrogen and oxygen atoms in total. The van der Waals surface area contributed by atoms with Crippen LogP contribution in [0.25, 0.3) is 0 Å². The molecule has 4 rings (SSSR count). The van der Waals surface area contributed by atoms with Crippen LogP contribution in [0, 0.1) is 0 Å². The SMILES string of the molecule is C=C[C@H]1c2ccccc2N[C@@H]2c3ccccc3OS(=O)(=O)N21. The number of benzene rings is 2. The number of anilines is 1. The highest BCUT2D eigenvalue weighted by molar-refractivity contribution is 7.84. The van der Waals surface area contributed by atoms with Crippen molar-refractivity contribution in [1.82, 2.24) is 4.31 Å². The predicted molar refractivity (Wildman–Crippen MR) is 83.6 cm³/mol.